The Bertz CT molecular complexity index is 543. The van der Waals surface area contributed by atoms with Gasteiger partial charge in [-0.05, 0) is 52.5 Å². The first-order chi connectivity index (χ1) is 9.15. The Morgan fingerprint density at radius 1 is 1.32 bits per heavy atom. The topological polar surface area (TPSA) is 12.0 Å². The Balaban J connectivity index is 2.46. The molecule has 0 aliphatic carbocycles. The molecule has 102 valence electrons. The molecule has 0 amide bonds. The summed E-state index contributed by atoms with van der Waals surface area (Å²) in [4.78, 5) is 0.907. The van der Waals surface area contributed by atoms with Gasteiger partial charge in [0.25, 0.3) is 0 Å². The van der Waals surface area contributed by atoms with Crippen molar-refractivity contribution in [2.45, 2.75) is 19.4 Å². The molecule has 5 heteroatoms. The number of benzene rings is 1. The first kappa shape index (κ1) is 14.6. The summed E-state index contributed by atoms with van der Waals surface area (Å²) in [6, 6.07) is 6.00. The van der Waals surface area contributed by atoms with E-state index in [9.17, 15) is 8.78 Å². The molecule has 19 heavy (non-hydrogen) atoms. The van der Waals surface area contributed by atoms with E-state index in [0.29, 0.717) is 6.54 Å². The first-order valence-corrected chi connectivity index (χ1v) is 7.72. The van der Waals surface area contributed by atoms with E-state index in [1.807, 2.05) is 24.4 Å². The molecule has 1 unspecified atom stereocenters. The van der Waals surface area contributed by atoms with Crippen LogP contribution in [0.25, 0.3) is 0 Å². The van der Waals surface area contributed by atoms with Crippen LogP contribution in [0.4, 0.5) is 8.78 Å². The quantitative estimate of drug-likeness (QED) is 0.761. The molecule has 0 bridgehead atoms. The van der Waals surface area contributed by atoms with Crippen molar-refractivity contribution < 1.29 is 8.78 Å². The smallest absolute Gasteiger partial charge is 0.145 e. The number of hydrogen-bond acceptors (Lipinski definition) is 2. The van der Waals surface area contributed by atoms with Gasteiger partial charge in [0.05, 0.1) is 10.5 Å². The summed E-state index contributed by atoms with van der Waals surface area (Å²) in [7, 11) is 0. The van der Waals surface area contributed by atoms with Crippen molar-refractivity contribution in [1.82, 2.24) is 5.32 Å². The lowest BCUT2D eigenvalue weighted by Crippen LogP contribution is -2.24. The molecule has 0 saturated heterocycles. The van der Waals surface area contributed by atoms with Crippen LogP contribution in [0.1, 0.15) is 29.8 Å². The van der Waals surface area contributed by atoms with E-state index >= 15 is 0 Å². The highest BCUT2D eigenvalue weighted by atomic mass is 79.9. The molecule has 1 N–H and O–H groups in total. The molecular weight excluding hydrogens is 332 g/mol. The van der Waals surface area contributed by atoms with Crippen molar-refractivity contribution in [1.29, 1.82) is 0 Å². The van der Waals surface area contributed by atoms with Gasteiger partial charge in [-0.1, -0.05) is 13.0 Å². The summed E-state index contributed by atoms with van der Waals surface area (Å²) >= 11 is 4.60. The molecule has 1 aromatic carbocycles. The van der Waals surface area contributed by atoms with Crippen LogP contribution in [-0.2, 0) is 0 Å². The van der Waals surface area contributed by atoms with Gasteiger partial charge < -0.3 is 5.32 Å². The molecule has 1 aromatic heterocycles. The molecule has 2 rings (SSSR count). The van der Waals surface area contributed by atoms with Crippen LogP contribution >= 0.6 is 27.3 Å². The fourth-order valence-corrected chi connectivity index (χ4v) is 3.05. The molecule has 1 nitrogen and oxygen atoms in total. The summed E-state index contributed by atoms with van der Waals surface area (Å²) in [6.07, 6.45) is 0.902. The second kappa shape index (κ2) is 6.59. The van der Waals surface area contributed by atoms with Gasteiger partial charge in [-0.25, -0.2) is 8.78 Å². The summed E-state index contributed by atoms with van der Waals surface area (Å²) in [5.41, 5.74) is 0.0743. The molecule has 1 atom stereocenters. The van der Waals surface area contributed by atoms with Gasteiger partial charge in [-0.15, -0.1) is 11.3 Å². The van der Waals surface area contributed by atoms with Crippen molar-refractivity contribution in [3.8, 4) is 0 Å². The highest BCUT2D eigenvalue weighted by Gasteiger charge is 2.23. The molecule has 0 saturated carbocycles. The molecule has 0 aliphatic rings. The fourth-order valence-electron chi connectivity index (χ4n) is 1.90. The van der Waals surface area contributed by atoms with Crippen LogP contribution in [0, 0.1) is 11.6 Å². The Morgan fingerprint density at radius 2 is 2.11 bits per heavy atom. The van der Waals surface area contributed by atoms with E-state index in [1.165, 1.54) is 23.5 Å². The van der Waals surface area contributed by atoms with E-state index in [1.54, 1.807) is 0 Å². The van der Waals surface area contributed by atoms with Gasteiger partial charge >= 0.3 is 0 Å². The van der Waals surface area contributed by atoms with Crippen molar-refractivity contribution >= 4 is 27.3 Å². The van der Waals surface area contributed by atoms with Gasteiger partial charge in [-0.2, -0.15) is 0 Å². The second-order valence-corrected chi connectivity index (χ2v) is 5.99. The van der Waals surface area contributed by atoms with Crippen LogP contribution in [0.5, 0.6) is 0 Å². The van der Waals surface area contributed by atoms with Gasteiger partial charge in [-0.3, -0.25) is 0 Å². The van der Waals surface area contributed by atoms with Crippen molar-refractivity contribution in [2.24, 2.45) is 0 Å². The van der Waals surface area contributed by atoms with Crippen LogP contribution < -0.4 is 5.32 Å². The normalized spacial score (nSPS) is 12.6. The van der Waals surface area contributed by atoms with Gasteiger partial charge in [0.2, 0.25) is 0 Å². The zero-order chi connectivity index (χ0) is 13.8. The predicted octanol–water partition coefficient (Wildman–Crippen LogP) is 4.88. The van der Waals surface area contributed by atoms with Gasteiger partial charge in [0.1, 0.15) is 11.6 Å². The van der Waals surface area contributed by atoms with E-state index < -0.39 is 17.7 Å². The van der Waals surface area contributed by atoms with Crippen LogP contribution in [0.2, 0.25) is 0 Å². The standard InChI is InChI=1S/C14H14BrF2NS/c1-2-7-18-14(11-4-3-8-19-11)12-10(16)6-5-9(15)13(12)17/h3-6,8,14,18H,2,7H2,1H3. The molecular formula is C14H14BrF2NS. The van der Waals surface area contributed by atoms with Crippen molar-refractivity contribution in [3.63, 3.8) is 0 Å². The van der Waals surface area contributed by atoms with Crippen molar-refractivity contribution in [3.05, 3.63) is 56.2 Å². The maximum atomic E-state index is 14.2. The Hall–Kier alpha value is -0.780. The highest BCUT2D eigenvalue weighted by Crippen LogP contribution is 2.32. The van der Waals surface area contributed by atoms with E-state index in [2.05, 4.69) is 21.2 Å². The van der Waals surface area contributed by atoms with Crippen LogP contribution in [-0.4, -0.2) is 6.54 Å². The lowest BCUT2D eigenvalue weighted by Gasteiger charge is -2.19. The van der Waals surface area contributed by atoms with E-state index in [0.717, 1.165) is 11.3 Å². The number of nitrogens with one attached hydrogen (secondary N) is 1. The first-order valence-electron chi connectivity index (χ1n) is 6.05. The Morgan fingerprint density at radius 3 is 2.74 bits per heavy atom. The predicted molar refractivity (Wildman–Crippen MR) is 78.5 cm³/mol. The lowest BCUT2D eigenvalue weighted by molar-refractivity contribution is 0.503. The number of halogens is 3. The average Bonchev–Trinajstić information content (AvgIpc) is 2.92. The monoisotopic (exact) mass is 345 g/mol. The molecule has 0 radical (unpaired) electrons. The molecule has 2 aromatic rings. The summed E-state index contributed by atoms with van der Waals surface area (Å²) in [6.45, 7) is 2.72. The number of rotatable bonds is 5. The third-order valence-corrected chi connectivity index (χ3v) is 4.34. The minimum absolute atomic E-state index is 0.0743. The third-order valence-electron chi connectivity index (χ3n) is 2.79. The number of thiophene rings is 1. The second-order valence-electron chi connectivity index (χ2n) is 4.16. The third kappa shape index (κ3) is 3.22. The van der Waals surface area contributed by atoms with E-state index in [-0.39, 0.29) is 10.0 Å². The summed E-state index contributed by atoms with van der Waals surface area (Å²) < 4.78 is 28.5. The molecule has 0 aliphatic heterocycles. The van der Waals surface area contributed by atoms with E-state index in [4.69, 9.17) is 0 Å². The molecule has 0 spiro atoms. The minimum Gasteiger partial charge on any atom is -0.305 e. The van der Waals surface area contributed by atoms with Crippen LogP contribution in [0.3, 0.4) is 0 Å². The SMILES string of the molecule is CCCNC(c1cccs1)c1c(F)ccc(Br)c1F. The Kier molecular flexibility index (Phi) is 5.07. The lowest BCUT2D eigenvalue weighted by atomic mass is 10.0. The highest BCUT2D eigenvalue weighted by molar-refractivity contribution is 9.10. The minimum atomic E-state index is -0.540. The summed E-state index contributed by atoms with van der Waals surface area (Å²) in [5.74, 6) is -1.07. The fraction of sp³-hybridized carbons (Fsp3) is 0.286. The zero-order valence-corrected chi connectivity index (χ0v) is 12.8. The maximum absolute atomic E-state index is 14.2. The summed E-state index contributed by atoms with van der Waals surface area (Å²) in [5, 5.41) is 5.11. The largest absolute Gasteiger partial charge is 0.305 e. The maximum Gasteiger partial charge on any atom is 0.145 e. The van der Waals surface area contributed by atoms with Gasteiger partial charge in [0.15, 0.2) is 0 Å². The molecule has 0 fully saturated rings. The van der Waals surface area contributed by atoms with Crippen LogP contribution in [0.15, 0.2) is 34.1 Å². The van der Waals surface area contributed by atoms with Crippen molar-refractivity contribution in [2.75, 3.05) is 6.54 Å². The number of hydrogen-bond donors (Lipinski definition) is 1. The Labute approximate surface area is 123 Å². The van der Waals surface area contributed by atoms with Gasteiger partial charge in [0, 0.05) is 10.4 Å². The zero-order valence-electron chi connectivity index (χ0n) is 10.4. The average molecular weight is 346 g/mol. The molecule has 1 heterocycles.